The Bertz CT molecular complexity index is 656. The third kappa shape index (κ3) is 3.47. The van der Waals surface area contributed by atoms with Crippen molar-refractivity contribution in [3.8, 4) is 0 Å². The van der Waals surface area contributed by atoms with Crippen LogP contribution in [0, 0.1) is 10.1 Å². The molecule has 10 nitrogen and oxygen atoms in total. The SMILES string of the molecule is COC(=O)c1nccn1C1(C[N+](=O)[O-])CN(C(=O)OC(C)(C)C)C1. The first kappa shape index (κ1) is 17.7. The highest BCUT2D eigenvalue weighted by atomic mass is 16.6. The molecule has 132 valence electrons. The van der Waals surface area contributed by atoms with Gasteiger partial charge in [0.05, 0.1) is 20.2 Å². The van der Waals surface area contributed by atoms with E-state index in [4.69, 9.17) is 4.74 Å². The number of imidazole rings is 1. The van der Waals surface area contributed by atoms with E-state index in [1.54, 1.807) is 20.8 Å². The number of methoxy groups -OCH3 is 1. The molecular formula is C14H20N4O6. The fraction of sp³-hybridized carbons (Fsp3) is 0.643. The van der Waals surface area contributed by atoms with Gasteiger partial charge in [0.25, 0.3) is 0 Å². The zero-order chi connectivity index (χ0) is 18.1. The molecule has 1 aromatic rings. The normalized spacial score (nSPS) is 16.2. The standard InChI is InChI=1S/C14H20N4O6/c1-13(2,3)24-12(20)16-7-14(8-16,9-18(21)22)17-6-5-15-10(17)11(19)23-4/h5-6H,7-9H2,1-4H3. The van der Waals surface area contributed by atoms with Gasteiger partial charge in [0.2, 0.25) is 12.4 Å². The van der Waals surface area contributed by atoms with Crippen LogP contribution in [0.15, 0.2) is 12.4 Å². The lowest BCUT2D eigenvalue weighted by molar-refractivity contribution is -0.499. The van der Waals surface area contributed by atoms with E-state index in [0.29, 0.717) is 0 Å². The summed E-state index contributed by atoms with van der Waals surface area (Å²) in [6, 6.07) is 0. The highest BCUT2D eigenvalue weighted by Gasteiger charge is 2.53. The van der Waals surface area contributed by atoms with Crippen molar-refractivity contribution in [2.45, 2.75) is 31.9 Å². The van der Waals surface area contributed by atoms with Crippen molar-refractivity contribution >= 4 is 12.1 Å². The number of carbonyl (C=O) groups excluding carboxylic acids is 2. The lowest BCUT2D eigenvalue weighted by Gasteiger charge is -2.48. The average molecular weight is 340 g/mol. The number of amides is 1. The van der Waals surface area contributed by atoms with Crippen LogP contribution in [0.2, 0.25) is 0 Å². The average Bonchev–Trinajstić information content (AvgIpc) is 2.88. The van der Waals surface area contributed by atoms with Gasteiger partial charge in [-0.1, -0.05) is 0 Å². The molecule has 1 aliphatic heterocycles. The van der Waals surface area contributed by atoms with Crippen LogP contribution < -0.4 is 0 Å². The summed E-state index contributed by atoms with van der Waals surface area (Å²) >= 11 is 0. The van der Waals surface area contributed by atoms with E-state index < -0.39 is 34.7 Å². The van der Waals surface area contributed by atoms with Gasteiger partial charge in [0.1, 0.15) is 11.1 Å². The molecule has 1 amide bonds. The molecule has 0 atom stereocenters. The van der Waals surface area contributed by atoms with Crippen molar-refractivity contribution in [3.63, 3.8) is 0 Å². The van der Waals surface area contributed by atoms with Gasteiger partial charge >= 0.3 is 12.1 Å². The summed E-state index contributed by atoms with van der Waals surface area (Å²) in [5, 5.41) is 11.1. The van der Waals surface area contributed by atoms with Crippen molar-refractivity contribution in [2.75, 3.05) is 26.7 Å². The van der Waals surface area contributed by atoms with Gasteiger partial charge in [-0.3, -0.25) is 10.1 Å². The van der Waals surface area contributed by atoms with Crippen LogP contribution in [-0.2, 0) is 15.0 Å². The Hall–Kier alpha value is -2.65. The van der Waals surface area contributed by atoms with Gasteiger partial charge in [-0.2, -0.15) is 0 Å². The van der Waals surface area contributed by atoms with Crippen LogP contribution in [0.4, 0.5) is 4.79 Å². The maximum Gasteiger partial charge on any atom is 0.410 e. The summed E-state index contributed by atoms with van der Waals surface area (Å²) in [7, 11) is 1.20. The predicted octanol–water partition coefficient (Wildman–Crippen LogP) is 0.892. The molecule has 0 aliphatic carbocycles. The van der Waals surface area contributed by atoms with Crippen LogP contribution in [0.25, 0.3) is 0 Å². The maximum absolute atomic E-state index is 12.1. The highest BCUT2D eigenvalue weighted by Crippen LogP contribution is 2.32. The Balaban J connectivity index is 2.23. The van der Waals surface area contributed by atoms with Gasteiger partial charge in [0, 0.05) is 17.3 Å². The van der Waals surface area contributed by atoms with Crippen molar-refractivity contribution in [2.24, 2.45) is 0 Å². The summed E-state index contributed by atoms with van der Waals surface area (Å²) in [5.41, 5.74) is -1.72. The molecule has 10 heteroatoms. The third-order valence-electron chi connectivity index (χ3n) is 3.57. The number of aromatic nitrogens is 2. The second-order valence-corrected chi connectivity index (χ2v) is 6.66. The van der Waals surface area contributed by atoms with Crippen LogP contribution in [-0.4, -0.2) is 63.8 Å². The summed E-state index contributed by atoms with van der Waals surface area (Å²) in [5.74, 6) is -0.735. The number of hydrogen-bond donors (Lipinski definition) is 0. The third-order valence-corrected chi connectivity index (χ3v) is 3.57. The largest absolute Gasteiger partial charge is 0.463 e. The van der Waals surface area contributed by atoms with Crippen molar-refractivity contribution in [3.05, 3.63) is 28.3 Å². The molecular weight excluding hydrogens is 320 g/mol. The Morgan fingerprint density at radius 1 is 1.42 bits per heavy atom. The van der Waals surface area contributed by atoms with Crippen molar-refractivity contribution < 1.29 is 24.0 Å². The van der Waals surface area contributed by atoms with Gasteiger partial charge in [0.15, 0.2) is 0 Å². The van der Waals surface area contributed by atoms with E-state index in [1.165, 1.54) is 29.0 Å². The van der Waals surface area contributed by atoms with Gasteiger partial charge < -0.3 is 18.9 Å². The summed E-state index contributed by atoms with van der Waals surface area (Å²) in [6.07, 6.45) is 2.29. The topological polar surface area (TPSA) is 117 Å². The minimum atomic E-state index is -1.06. The minimum absolute atomic E-state index is 0.0387. The van der Waals surface area contributed by atoms with Crippen molar-refractivity contribution in [1.29, 1.82) is 0 Å². The van der Waals surface area contributed by atoms with E-state index in [1.807, 2.05) is 0 Å². The molecule has 0 bridgehead atoms. The Labute approximate surface area is 138 Å². The molecule has 0 saturated carbocycles. The molecule has 0 unspecified atom stereocenters. The lowest BCUT2D eigenvalue weighted by atomic mass is 9.89. The Morgan fingerprint density at radius 2 is 2.04 bits per heavy atom. The molecule has 0 radical (unpaired) electrons. The molecule has 0 spiro atoms. The van der Waals surface area contributed by atoms with Crippen LogP contribution in [0.3, 0.4) is 0 Å². The second-order valence-electron chi connectivity index (χ2n) is 6.66. The van der Waals surface area contributed by atoms with Gasteiger partial charge in [-0.05, 0) is 20.8 Å². The van der Waals surface area contributed by atoms with Crippen LogP contribution in [0.5, 0.6) is 0 Å². The van der Waals surface area contributed by atoms with Crippen LogP contribution in [0.1, 0.15) is 31.4 Å². The quantitative estimate of drug-likeness (QED) is 0.454. The van der Waals surface area contributed by atoms with Crippen LogP contribution >= 0.6 is 0 Å². The smallest absolute Gasteiger partial charge is 0.410 e. The summed E-state index contributed by atoms with van der Waals surface area (Å²) < 4.78 is 11.3. The van der Waals surface area contributed by atoms with E-state index in [9.17, 15) is 19.7 Å². The molecule has 1 aromatic heterocycles. The minimum Gasteiger partial charge on any atom is -0.463 e. The van der Waals surface area contributed by atoms with E-state index in [0.717, 1.165) is 0 Å². The van der Waals surface area contributed by atoms with Gasteiger partial charge in [-0.15, -0.1) is 0 Å². The fourth-order valence-corrected chi connectivity index (χ4v) is 2.62. The lowest BCUT2D eigenvalue weighted by Crippen LogP contribution is -2.67. The predicted molar refractivity (Wildman–Crippen MR) is 81.2 cm³/mol. The zero-order valence-corrected chi connectivity index (χ0v) is 14.0. The summed E-state index contributed by atoms with van der Waals surface area (Å²) in [6.45, 7) is 4.85. The van der Waals surface area contributed by atoms with Crippen molar-refractivity contribution in [1.82, 2.24) is 14.5 Å². The number of likely N-dealkylation sites (tertiary alicyclic amines) is 1. The first-order valence-electron chi connectivity index (χ1n) is 7.30. The van der Waals surface area contributed by atoms with E-state index in [-0.39, 0.29) is 18.9 Å². The van der Waals surface area contributed by atoms with E-state index in [2.05, 4.69) is 9.72 Å². The molecule has 2 rings (SSSR count). The molecule has 1 fully saturated rings. The number of carbonyl (C=O) groups is 2. The van der Waals surface area contributed by atoms with E-state index >= 15 is 0 Å². The highest BCUT2D eigenvalue weighted by molar-refractivity contribution is 5.85. The number of hydrogen-bond acceptors (Lipinski definition) is 7. The number of esters is 1. The second kappa shape index (κ2) is 6.10. The number of ether oxygens (including phenoxy) is 2. The molecule has 24 heavy (non-hydrogen) atoms. The molecule has 0 N–H and O–H groups in total. The first-order valence-corrected chi connectivity index (χ1v) is 7.30. The monoisotopic (exact) mass is 340 g/mol. The summed E-state index contributed by atoms with van der Waals surface area (Å²) in [4.78, 5) is 39.7. The molecule has 0 aromatic carbocycles. The van der Waals surface area contributed by atoms with Gasteiger partial charge in [-0.25, -0.2) is 14.6 Å². The number of nitrogens with zero attached hydrogens (tertiary/aromatic N) is 4. The number of nitro groups is 1. The molecule has 2 heterocycles. The zero-order valence-electron chi connectivity index (χ0n) is 14.0. The number of rotatable bonds is 4. The first-order chi connectivity index (χ1) is 11.1. The maximum atomic E-state index is 12.1. The molecule has 1 saturated heterocycles. The Morgan fingerprint density at radius 3 is 2.54 bits per heavy atom. The fourth-order valence-electron chi connectivity index (χ4n) is 2.62. The Kier molecular flexibility index (Phi) is 4.50. The molecule has 1 aliphatic rings.